The maximum atomic E-state index is 13.3. The molecule has 0 saturated carbocycles. The molecule has 100 valence electrons. The van der Waals surface area contributed by atoms with Crippen molar-refractivity contribution in [3.05, 3.63) is 24.1 Å². The molecule has 1 heterocycles. The molecule has 0 spiro atoms. The number of carbonyl (C=O) groups is 1. The summed E-state index contributed by atoms with van der Waals surface area (Å²) in [6, 6.07) is 1.12. The van der Waals surface area contributed by atoms with Crippen LogP contribution in [0.3, 0.4) is 0 Å². The van der Waals surface area contributed by atoms with Crippen molar-refractivity contribution in [2.45, 2.75) is 24.9 Å². The molecule has 1 rings (SSSR count). The quantitative estimate of drug-likeness (QED) is 0.789. The van der Waals surface area contributed by atoms with Crippen LogP contribution in [0, 0.1) is 5.82 Å². The van der Waals surface area contributed by atoms with Crippen molar-refractivity contribution in [2.24, 2.45) is 0 Å². The topological polar surface area (TPSA) is 85.4 Å². The van der Waals surface area contributed by atoms with Gasteiger partial charge in [0, 0.05) is 6.20 Å². The highest BCUT2D eigenvalue weighted by Crippen LogP contribution is 2.10. The van der Waals surface area contributed by atoms with E-state index in [0.717, 1.165) is 12.3 Å². The number of hydrogen-bond acceptors (Lipinski definition) is 5. The Labute approximate surface area is 104 Å². The van der Waals surface area contributed by atoms with E-state index < -0.39 is 32.9 Å². The molecule has 0 aliphatic rings. The predicted octanol–water partition coefficient (Wildman–Crippen LogP) is 0.451. The summed E-state index contributed by atoms with van der Waals surface area (Å²) >= 11 is 0. The third kappa shape index (κ3) is 3.47. The van der Waals surface area contributed by atoms with Gasteiger partial charge in [0.25, 0.3) is 10.0 Å². The number of halogens is 1. The van der Waals surface area contributed by atoms with Crippen molar-refractivity contribution in [2.75, 3.05) is 6.61 Å². The van der Waals surface area contributed by atoms with Crippen LogP contribution in [-0.4, -0.2) is 32.0 Å². The fourth-order valence-electron chi connectivity index (χ4n) is 1.17. The Morgan fingerprint density at radius 1 is 1.61 bits per heavy atom. The SMILES string of the molecule is CCOC(=O)C(C)NS(=O)(=O)c1ncccc1F. The van der Waals surface area contributed by atoms with Crippen molar-refractivity contribution in [1.29, 1.82) is 0 Å². The number of ether oxygens (including phenoxy) is 1. The van der Waals surface area contributed by atoms with Gasteiger partial charge in [0.05, 0.1) is 6.61 Å². The van der Waals surface area contributed by atoms with Gasteiger partial charge in [0.2, 0.25) is 5.03 Å². The molecule has 1 unspecified atom stereocenters. The van der Waals surface area contributed by atoms with E-state index in [1.165, 1.54) is 13.0 Å². The van der Waals surface area contributed by atoms with E-state index in [0.29, 0.717) is 0 Å². The van der Waals surface area contributed by atoms with Gasteiger partial charge in [-0.05, 0) is 26.0 Å². The molecule has 0 fully saturated rings. The van der Waals surface area contributed by atoms with Crippen LogP contribution in [0.5, 0.6) is 0 Å². The van der Waals surface area contributed by atoms with E-state index in [9.17, 15) is 17.6 Å². The molecule has 0 aliphatic heterocycles. The lowest BCUT2D eigenvalue weighted by molar-refractivity contribution is -0.144. The Hall–Kier alpha value is -1.54. The highest BCUT2D eigenvalue weighted by molar-refractivity contribution is 7.89. The summed E-state index contributed by atoms with van der Waals surface area (Å²) in [6.07, 6.45) is 1.15. The van der Waals surface area contributed by atoms with E-state index in [1.807, 2.05) is 4.72 Å². The number of carbonyl (C=O) groups excluding carboxylic acids is 1. The highest BCUT2D eigenvalue weighted by Gasteiger charge is 2.26. The van der Waals surface area contributed by atoms with Crippen LogP contribution >= 0.6 is 0 Å². The van der Waals surface area contributed by atoms with Gasteiger partial charge in [-0.25, -0.2) is 17.8 Å². The Morgan fingerprint density at radius 3 is 2.83 bits per heavy atom. The van der Waals surface area contributed by atoms with E-state index >= 15 is 0 Å². The van der Waals surface area contributed by atoms with Crippen molar-refractivity contribution >= 4 is 16.0 Å². The standard InChI is InChI=1S/C10H13FN2O4S/c1-3-17-10(14)7(2)13-18(15,16)9-8(11)5-4-6-12-9/h4-7,13H,3H2,1-2H3. The molecule has 0 radical (unpaired) electrons. The molecule has 0 aromatic carbocycles. The number of nitrogens with one attached hydrogen (secondary N) is 1. The van der Waals surface area contributed by atoms with Gasteiger partial charge in [-0.15, -0.1) is 0 Å². The molecule has 0 aliphatic carbocycles. The van der Waals surface area contributed by atoms with E-state index in [2.05, 4.69) is 9.72 Å². The number of esters is 1. The van der Waals surface area contributed by atoms with Crippen LogP contribution in [0.15, 0.2) is 23.4 Å². The second-order valence-corrected chi connectivity index (χ2v) is 5.01. The fraction of sp³-hybridized carbons (Fsp3) is 0.400. The zero-order chi connectivity index (χ0) is 13.8. The summed E-state index contributed by atoms with van der Waals surface area (Å²) in [6.45, 7) is 3.02. The molecule has 1 N–H and O–H groups in total. The molecule has 1 aromatic heterocycles. The molecule has 0 saturated heterocycles. The lowest BCUT2D eigenvalue weighted by Crippen LogP contribution is -2.40. The molecule has 18 heavy (non-hydrogen) atoms. The van der Waals surface area contributed by atoms with Crippen LogP contribution in [-0.2, 0) is 19.6 Å². The Morgan fingerprint density at radius 2 is 2.28 bits per heavy atom. The van der Waals surface area contributed by atoms with E-state index in [4.69, 9.17) is 0 Å². The third-order valence-electron chi connectivity index (χ3n) is 1.95. The number of rotatable bonds is 5. The van der Waals surface area contributed by atoms with Crippen LogP contribution < -0.4 is 4.72 Å². The molecule has 0 bridgehead atoms. The minimum atomic E-state index is -4.19. The molecular formula is C10H13FN2O4S. The van der Waals surface area contributed by atoms with Crippen molar-refractivity contribution in [3.63, 3.8) is 0 Å². The molecule has 1 aromatic rings. The number of hydrogen-bond donors (Lipinski definition) is 1. The molecule has 0 amide bonds. The maximum Gasteiger partial charge on any atom is 0.323 e. The first kappa shape index (κ1) is 14.5. The average molecular weight is 276 g/mol. The number of aromatic nitrogens is 1. The van der Waals surface area contributed by atoms with E-state index in [-0.39, 0.29) is 6.61 Å². The maximum absolute atomic E-state index is 13.3. The Bertz CT molecular complexity index is 532. The largest absolute Gasteiger partial charge is 0.465 e. The van der Waals surface area contributed by atoms with Gasteiger partial charge in [0.15, 0.2) is 5.82 Å². The van der Waals surface area contributed by atoms with Crippen molar-refractivity contribution in [3.8, 4) is 0 Å². The van der Waals surface area contributed by atoms with Crippen molar-refractivity contribution in [1.82, 2.24) is 9.71 Å². The summed E-state index contributed by atoms with van der Waals surface area (Å²) in [5.41, 5.74) is 0. The lowest BCUT2D eigenvalue weighted by Gasteiger charge is -2.12. The van der Waals surface area contributed by atoms with Crippen LogP contribution in [0.1, 0.15) is 13.8 Å². The zero-order valence-corrected chi connectivity index (χ0v) is 10.7. The van der Waals surface area contributed by atoms with Gasteiger partial charge >= 0.3 is 5.97 Å². The Balaban J connectivity index is 2.90. The third-order valence-corrected chi connectivity index (χ3v) is 3.42. The predicted molar refractivity (Wildman–Crippen MR) is 60.6 cm³/mol. The smallest absolute Gasteiger partial charge is 0.323 e. The molecule has 1 atom stereocenters. The van der Waals surface area contributed by atoms with E-state index in [1.54, 1.807) is 6.92 Å². The monoisotopic (exact) mass is 276 g/mol. The van der Waals surface area contributed by atoms with Gasteiger partial charge < -0.3 is 4.74 Å². The minimum absolute atomic E-state index is 0.128. The summed E-state index contributed by atoms with van der Waals surface area (Å²) in [5.74, 6) is -1.72. The second-order valence-electron chi connectivity index (χ2n) is 3.39. The first-order valence-corrected chi connectivity index (χ1v) is 6.66. The second kappa shape index (κ2) is 5.87. The van der Waals surface area contributed by atoms with Gasteiger partial charge in [-0.3, -0.25) is 4.79 Å². The fourth-order valence-corrected chi connectivity index (χ4v) is 2.37. The number of pyridine rings is 1. The minimum Gasteiger partial charge on any atom is -0.465 e. The number of nitrogens with zero attached hydrogens (tertiary/aromatic N) is 1. The zero-order valence-electron chi connectivity index (χ0n) is 9.88. The van der Waals surface area contributed by atoms with Crippen molar-refractivity contribution < 1.29 is 22.3 Å². The normalized spacial score (nSPS) is 13.1. The van der Waals surface area contributed by atoms with Crippen LogP contribution in [0.4, 0.5) is 4.39 Å². The average Bonchev–Trinajstić information content (AvgIpc) is 2.29. The highest BCUT2D eigenvalue weighted by atomic mass is 32.2. The first-order chi connectivity index (χ1) is 8.38. The molecular weight excluding hydrogens is 263 g/mol. The lowest BCUT2D eigenvalue weighted by atomic mass is 10.4. The Kier molecular flexibility index (Phi) is 4.74. The summed E-state index contributed by atoms with van der Waals surface area (Å²) in [4.78, 5) is 14.7. The van der Waals surface area contributed by atoms with Crippen LogP contribution in [0.2, 0.25) is 0 Å². The summed E-state index contributed by atoms with van der Waals surface area (Å²) < 4.78 is 43.4. The molecule has 8 heteroatoms. The summed E-state index contributed by atoms with van der Waals surface area (Å²) in [5, 5.41) is -0.749. The van der Waals surface area contributed by atoms with Gasteiger partial charge in [-0.1, -0.05) is 0 Å². The first-order valence-electron chi connectivity index (χ1n) is 5.18. The molecule has 6 nitrogen and oxygen atoms in total. The number of sulfonamides is 1. The van der Waals surface area contributed by atoms with Gasteiger partial charge in [0.1, 0.15) is 6.04 Å². The summed E-state index contributed by atoms with van der Waals surface area (Å²) in [7, 11) is -4.19. The van der Waals surface area contributed by atoms with Gasteiger partial charge in [-0.2, -0.15) is 4.72 Å². The van der Waals surface area contributed by atoms with Crippen LogP contribution in [0.25, 0.3) is 0 Å².